The average Bonchev–Trinajstić information content (AvgIpc) is 3.04. The summed E-state index contributed by atoms with van der Waals surface area (Å²) in [6.45, 7) is 2.94. The molecule has 1 saturated carbocycles. The molecule has 1 amide bonds. The van der Waals surface area contributed by atoms with Crippen LogP contribution in [0.5, 0.6) is 0 Å². The number of hydrogen-bond acceptors (Lipinski definition) is 2. The number of hydrogen-bond donors (Lipinski definition) is 2. The summed E-state index contributed by atoms with van der Waals surface area (Å²) in [6, 6.07) is 0. The van der Waals surface area contributed by atoms with E-state index in [1.54, 1.807) is 0 Å². The van der Waals surface area contributed by atoms with Gasteiger partial charge in [-0.3, -0.25) is 9.59 Å². The lowest BCUT2D eigenvalue weighted by Crippen LogP contribution is -2.28. The van der Waals surface area contributed by atoms with E-state index in [4.69, 9.17) is 5.11 Å². The van der Waals surface area contributed by atoms with Crippen molar-refractivity contribution in [3.05, 3.63) is 0 Å². The Hall–Kier alpha value is -1.06. The second kappa shape index (κ2) is 6.51. The van der Waals surface area contributed by atoms with E-state index in [0.717, 1.165) is 12.5 Å². The van der Waals surface area contributed by atoms with Crippen LogP contribution in [0.4, 0.5) is 0 Å². The molecule has 0 radical (unpaired) electrons. The molecule has 0 aromatic rings. The van der Waals surface area contributed by atoms with E-state index in [0.29, 0.717) is 25.2 Å². The van der Waals surface area contributed by atoms with Gasteiger partial charge in [0.1, 0.15) is 0 Å². The zero-order valence-electron chi connectivity index (χ0n) is 9.87. The first-order valence-corrected chi connectivity index (χ1v) is 6.08. The van der Waals surface area contributed by atoms with Crippen molar-refractivity contribution in [3.8, 4) is 0 Å². The maximum Gasteiger partial charge on any atom is 0.303 e. The molecular formula is C12H21NO3. The van der Waals surface area contributed by atoms with E-state index < -0.39 is 5.97 Å². The molecule has 0 heterocycles. The van der Waals surface area contributed by atoms with Crippen LogP contribution in [0.25, 0.3) is 0 Å². The summed E-state index contributed by atoms with van der Waals surface area (Å²) in [6.07, 6.45) is 4.46. The smallest absolute Gasteiger partial charge is 0.303 e. The van der Waals surface area contributed by atoms with Crippen LogP contribution in [0.1, 0.15) is 45.4 Å². The SMILES string of the molecule is CC(CNC(=O)CCCCC(=O)O)C1CC1. The molecule has 0 spiro atoms. The molecule has 4 heteroatoms. The molecular weight excluding hydrogens is 206 g/mol. The quantitative estimate of drug-likeness (QED) is 0.621. The molecule has 2 N–H and O–H groups in total. The van der Waals surface area contributed by atoms with Crippen LogP contribution in [0.3, 0.4) is 0 Å². The van der Waals surface area contributed by atoms with Crippen LogP contribution in [0, 0.1) is 11.8 Å². The van der Waals surface area contributed by atoms with Crippen LogP contribution >= 0.6 is 0 Å². The maximum absolute atomic E-state index is 11.4. The largest absolute Gasteiger partial charge is 0.481 e. The fraction of sp³-hybridized carbons (Fsp3) is 0.833. The van der Waals surface area contributed by atoms with Crippen molar-refractivity contribution in [3.63, 3.8) is 0 Å². The molecule has 1 rings (SSSR count). The van der Waals surface area contributed by atoms with Gasteiger partial charge in [-0.1, -0.05) is 6.92 Å². The first kappa shape index (κ1) is 13.0. The Morgan fingerprint density at radius 1 is 1.31 bits per heavy atom. The van der Waals surface area contributed by atoms with E-state index in [-0.39, 0.29) is 12.3 Å². The topological polar surface area (TPSA) is 66.4 Å². The van der Waals surface area contributed by atoms with E-state index in [1.807, 2.05) is 0 Å². The predicted molar refractivity (Wildman–Crippen MR) is 61.0 cm³/mol. The van der Waals surface area contributed by atoms with Gasteiger partial charge in [0.25, 0.3) is 0 Å². The Balaban J connectivity index is 1.95. The molecule has 1 aliphatic rings. The molecule has 1 aliphatic carbocycles. The van der Waals surface area contributed by atoms with Crippen molar-refractivity contribution in [1.29, 1.82) is 0 Å². The van der Waals surface area contributed by atoms with Gasteiger partial charge in [-0.15, -0.1) is 0 Å². The van der Waals surface area contributed by atoms with Gasteiger partial charge < -0.3 is 10.4 Å². The van der Waals surface area contributed by atoms with Crippen molar-refractivity contribution in [2.24, 2.45) is 11.8 Å². The molecule has 1 unspecified atom stereocenters. The van der Waals surface area contributed by atoms with Crippen LogP contribution in [-0.4, -0.2) is 23.5 Å². The van der Waals surface area contributed by atoms with Gasteiger partial charge in [-0.2, -0.15) is 0 Å². The standard InChI is InChI=1S/C12H21NO3/c1-9(10-6-7-10)8-13-11(14)4-2-3-5-12(15)16/h9-10H,2-8H2,1H3,(H,13,14)(H,15,16). The zero-order valence-corrected chi connectivity index (χ0v) is 9.87. The fourth-order valence-electron chi connectivity index (χ4n) is 1.76. The molecule has 0 aromatic carbocycles. The van der Waals surface area contributed by atoms with Crippen molar-refractivity contribution in [2.45, 2.75) is 45.4 Å². The average molecular weight is 227 g/mol. The minimum atomic E-state index is -0.789. The molecule has 4 nitrogen and oxygen atoms in total. The van der Waals surface area contributed by atoms with Gasteiger partial charge in [0, 0.05) is 19.4 Å². The number of aliphatic carboxylic acids is 1. The van der Waals surface area contributed by atoms with Gasteiger partial charge in [0.2, 0.25) is 5.91 Å². The Labute approximate surface area is 96.4 Å². The van der Waals surface area contributed by atoms with Crippen molar-refractivity contribution in [1.82, 2.24) is 5.32 Å². The van der Waals surface area contributed by atoms with Crippen molar-refractivity contribution >= 4 is 11.9 Å². The van der Waals surface area contributed by atoms with Gasteiger partial charge >= 0.3 is 5.97 Å². The lowest BCUT2D eigenvalue weighted by Gasteiger charge is -2.11. The summed E-state index contributed by atoms with van der Waals surface area (Å²) in [4.78, 5) is 21.6. The van der Waals surface area contributed by atoms with E-state index in [2.05, 4.69) is 12.2 Å². The number of nitrogens with one attached hydrogen (secondary N) is 1. The number of amides is 1. The second-order valence-corrected chi connectivity index (χ2v) is 4.72. The first-order chi connectivity index (χ1) is 7.59. The summed E-state index contributed by atoms with van der Waals surface area (Å²) < 4.78 is 0. The minimum absolute atomic E-state index is 0.0536. The molecule has 1 atom stereocenters. The van der Waals surface area contributed by atoms with Gasteiger partial charge in [-0.25, -0.2) is 0 Å². The number of rotatable bonds is 8. The zero-order chi connectivity index (χ0) is 12.0. The molecule has 92 valence electrons. The van der Waals surface area contributed by atoms with E-state index >= 15 is 0 Å². The third-order valence-electron chi connectivity index (χ3n) is 3.09. The Morgan fingerprint density at radius 3 is 2.50 bits per heavy atom. The number of carboxylic acids is 1. The summed E-state index contributed by atoms with van der Waals surface area (Å²) >= 11 is 0. The van der Waals surface area contributed by atoms with Crippen LogP contribution in [0.2, 0.25) is 0 Å². The summed E-state index contributed by atoms with van der Waals surface area (Å²) in [5.41, 5.74) is 0. The van der Waals surface area contributed by atoms with Crippen LogP contribution in [-0.2, 0) is 9.59 Å². The van der Waals surface area contributed by atoms with Crippen LogP contribution in [0.15, 0.2) is 0 Å². The summed E-state index contributed by atoms with van der Waals surface area (Å²) in [5, 5.41) is 11.3. The number of unbranched alkanes of at least 4 members (excludes halogenated alkanes) is 1. The van der Waals surface area contributed by atoms with Crippen molar-refractivity contribution in [2.75, 3.05) is 6.54 Å². The minimum Gasteiger partial charge on any atom is -0.481 e. The molecule has 1 fully saturated rings. The maximum atomic E-state index is 11.4. The normalized spacial score (nSPS) is 16.8. The first-order valence-electron chi connectivity index (χ1n) is 6.08. The summed E-state index contributed by atoms with van der Waals surface area (Å²) in [7, 11) is 0. The Morgan fingerprint density at radius 2 is 1.94 bits per heavy atom. The molecule has 0 aromatic heterocycles. The fourth-order valence-corrected chi connectivity index (χ4v) is 1.76. The Kier molecular flexibility index (Phi) is 5.29. The Bertz CT molecular complexity index is 249. The van der Waals surface area contributed by atoms with Gasteiger partial charge in [0.05, 0.1) is 0 Å². The van der Waals surface area contributed by atoms with Crippen molar-refractivity contribution < 1.29 is 14.7 Å². The number of carbonyl (C=O) groups is 2. The highest BCUT2D eigenvalue weighted by Crippen LogP contribution is 2.36. The lowest BCUT2D eigenvalue weighted by atomic mass is 10.1. The molecule has 16 heavy (non-hydrogen) atoms. The molecule has 0 aliphatic heterocycles. The highest BCUT2D eigenvalue weighted by atomic mass is 16.4. The monoisotopic (exact) mass is 227 g/mol. The van der Waals surface area contributed by atoms with E-state index in [1.165, 1.54) is 12.8 Å². The predicted octanol–water partition coefficient (Wildman–Crippen LogP) is 1.79. The second-order valence-electron chi connectivity index (χ2n) is 4.72. The highest BCUT2D eigenvalue weighted by molar-refractivity contribution is 5.75. The molecule has 0 saturated heterocycles. The van der Waals surface area contributed by atoms with Crippen LogP contribution < -0.4 is 5.32 Å². The third kappa shape index (κ3) is 5.73. The number of carbonyl (C=O) groups excluding carboxylic acids is 1. The molecule has 0 bridgehead atoms. The van der Waals surface area contributed by atoms with E-state index in [9.17, 15) is 9.59 Å². The summed E-state index contributed by atoms with van der Waals surface area (Å²) in [5.74, 6) is 0.663. The highest BCUT2D eigenvalue weighted by Gasteiger charge is 2.27. The number of carboxylic acid groups (broad SMARTS) is 1. The lowest BCUT2D eigenvalue weighted by molar-refractivity contribution is -0.137. The van der Waals surface area contributed by atoms with Gasteiger partial charge in [0.15, 0.2) is 0 Å². The third-order valence-corrected chi connectivity index (χ3v) is 3.09. The van der Waals surface area contributed by atoms with Gasteiger partial charge in [-0.05, 0) is 37.5 Å².